The van der Waals surface area contributed by atoms with Crippen LogP contribution >= 0.6 is 0 Å². The normalized spacial score (nSPS) is 11.1. The topological polar surface area (TPSA) is 30.5 Å². The summed E-state index contributed by atoms with van der Waals surface area (Å²) in [5.74, 6) is 0. The molecule has 0 aromatic rings. The predicted molar refractivity (Wildman–Crippen MR) is 50.5 cm³/mol. The lowest BCUT2D eigenvalue weighted by Crippen LogP contribution is -2.32. The van der Waals surface area contributed by atoms with Crippen molar-refractivity contribution in [3.05, 3.63) is 0 Å². The maximum Gasteiger partial charge on any atom is 0.169 e. The Kier molecular flexibility index (Phi) is 9.75. The Morgan fingerprint density at radius 3 is 2.31 bits per heavy atom. The fourth-order valence-corrected chi connectivity index (χ4v) is 0.949. The second-order valence-corrected chi connectivity index (χ2v) is 2.59. The molecular formula is C9H20FNO2. The third-order valence-corrected chi connectivity index (χ3v) is 1.50. The van der Waals surface area contributed by atoms with Gasteiger partial charge >= 0.3 is 0 Å². The van der Waals surface area contributed by atoms with Crippen LogP contribution in [0.4, 0.5) is 4.39 Å². The first kappa shape index (κ1) is 12.8. The molecule has 0 amide bonds. The molecule has 0 saturated carbocycles. The van der Waals surface area contributed by atoms with Gasteiger partial charge in [-0.15, -0.1) is 0 Å². The minimum atomic E-state index is -0.277. The zero-order valence-electron chi connectivity index (χ0n) is 8.51. The van der Waals surface area contributed by atoms with Crippen molar-refractivity contribution in [3.8, 4) is 0 Å². The molecule has 13 heavy (non-hydrogen) atoms. The zero-order valence-corrected chi connectivity index (χ0v) is 8.51. The summed E-state index contributed by atoms with van der Waals surface area (Å²) in [6.07, 6.45) is 0.347. The van der Waals surface area contributed by atoms with E-state index in [0.717, 1.165) is 0 Å². The van der Waals surface area contributed by atoms with Gasteiger partial charge in [0.05, 0.1) is 6.67 Å². The summed E-state index contributed by atoms with van der Waals surface area (Å²) in [4.78, 5) is 0. The van der Waals surface area contributed by atoms with E-state index in [2.05, 4.69) is 5.32 Å². The van der Waals surface area contributed by atoms with E-state index >= 15 is 0 Å². The van der Waals surface area contributed by atoms with Gasteiger partial charge in [0.1, 0.15) is 0 Å². The number of halogens is 1. The molecule has 0 aromatic carbocycles. The average Bonchev–Trinajstić information content (AvgIpc) is 2.13. The highest BCUT2D eigenvalue weighted by Crippen LogP contribution is 1.93. The largest absolute Gasteiger partial charge is 0.352 e. The van der Waals surface area contributed by atoms with Gasteiger partial charge in [-0.1, -0.05) is 0 Å². The third kappa shape index (κ3) is 8.15. The van der Waals surface area contributed by atoms with Crippen molar-refractivity contribution in [1.82, 2.24) is 5.32 Å². The van der Waals surface area contributed by atoms with Gasteiger partial charge in [-0.2, -0.15) is 0 Å². The summed E-state index contributed by atoms with van der Waals surface area (Å²) >= 11 is 0. The highest BCUT2D eigenvalue weighted by Gasteiger charge is 2.05. The van der Waals surface area contributed by atoms with Crippen LogP contribution in [0.2, 0.25) is 0 Å². The van der Waals surface area contributed by atoms with Crippen LogP contribution in [-0.2, 0) is 9.47 Å². The van der Waals surface area contributed by atoms with Gasteiger partial charge in [-0.25, -0.2) is 0 Å². The molecule has 0 aliphatic rings. The molecule has 0 heterocycles. The summed E-state index contributed by atoms with van der Waals surface area (Å²) in [7, 11) is 0. The first-order chi connectivity index (χ1) is 6.35. The maximum absolute atomic E-state index is 11.7. The van der Waals surface area contributed by atoms with Gasteiger partial charge in [0.15, 0.2) is 6.29 Å². The fourth-order valence-electron chi connectivity index (χ4n) is 0.949. The number of hydrogen-bond donors (Lipinski definition) is 1. The van der Waals surface area contributed by atoms with Crippen LogP contribution < -0.4 is 5.32 Å². The molecule has 0 unspecified atom stereocenters. The van der Waals surface area contributed by atoms with Crippen LogP contribution in [0.1, 0.15) is 20.3 Å². The molecular weight excluding hydrogens is 173 g/mol. The Hall–Kier alpha value is -0.190. The molecule has 0 radical (unpaired) electrons. The van der Waals surface area contributed by atoms with Crippen LogP contribution in [-0.4, -0.2) is 39.3 Å². The van der Waals surface area contributed by atoms with Gasteiger partial charge in [-0.3, -0.25) is 4.39 Å². The van der Waals surface area contributed by atoms with Crippen LogP contribution in [0.15, 0.2) is 0 Å². The molecule has 4 heteroatoms. The number of ether oxygens (including phenoxy) is 2. The molecule has 80 valence electrons. The van der Waals surface area contributed by atoms with E-state index in [1.54, 1.807) is 0 Å². The Morgan fingerprint density at radius 2 is 1.85 bits per heavy atom. The molecule has 0 bridgehead atoms. The fraction of sp³-hybridized carbons (Fsp3) is 1.00. The molecule has 0 aliphatic heterocycles. The average molecular weight is 193 g/mol. The molecule has 0 spiro atoms. The van der Waals surface area contributed by atoms with Crippen LogP contribution in [0.3, 0.4) is 0 Å². The number of alkyl halides is 1. The van der Waals surface area contributed by atoms with Crippen molar-refractivity contribution in [2.24, 2.45) is 0 Å². The second kappa shape index (κ2) is 9.89. The highest BCUT2D eigenvalue weighted by molar-refractivity contribution is 4.51. The monoisotopic (exact) mass is 193 g/mol. The Bertz CT molecular complexity index is 97.6. The van der Waals surface area contributed by atoms with E-state index in [-0.39, 0.29) is 13.0 Å². The van der Waals surface area contributed by atoms with Gasteiger partial charge in [0.2, 0.25) is 0 Å². The van der Waals surface area contributed by atoms with E-state index in [1.807, 2.05) is 13.8 Å². The van der Waals surface area contributed by atoms with E-state index in [1.165, 1.54) is 0 Å². The summed E-state index contributed by atoms with van der Waals surface area (Å²) in [6, 6.07) is 0. The smallest absolute Gasteiger partial charge is 0.169 e. The first-order valence-corrected chi connectivity index (χ1v) is 4.85. The number of rotatable bonds is 9. The maximum atomic E-state index is 11.7. The lowest BCUT2D eigenvalue weighted by Gasteiger charge is -2.17. The quantitative estimate of drug-likeness (QED) is 0.443. The van der Waals surface area contributed by atoms with Crippen LogP contribution in [0, 0.1) is 0 Å². The van der Waals surface area contributed by atoms with E-state index in [0.29, 0.717) is 32.7 Å². The lowest BCUT2D eigenvalue weighted by atomic mass is 10.4. The molecule has 0 fully saturated rings. The molecule has 0 saturated heterocycles. The van der Waals surface area contributed by atoms with Crippen molar-refractivity contribution in [2.75, 3.05) is 33.0 Å². The first-order valence-electron chi connectivity index (χ1n) is 4.85. The predicted octanol–water partition coefficient (Wildman–Crippen LogP) is 1.33. The van der Waals surface area contributed by atoms with Crippen LogP contribution in [0.5, 0.6) is 0 Å². The molecule has 0 aromatic heterocycles. The Balaban J connectivity index is 3.33. The van der Waals surface area contributed by atoms with E-state index in [9.17, 15) is 4.39 Å². The standard InChI is InChI=1S/C9H20FNO2/c1-3-12-9(13-4-2)8-11-7-5-6-10/h9,11H,3-8H2,1-2H3. The third-order valence-electron chi connectivity index (χ3n) is 1.50. The summed E-state index contributed by atoms with van der Waals surface area (Å²) < 4.78 is 22.3. The van der Waals surface area contributed by atoms with Crippen molar-refractivity contribution >= 4 is 0 Å². The van der Waals surface area contributed by atoms with Gasteiger partial charge in [-0.05, 0) is 26.8 Å². The van der Waals surface area contributed by atoms with Crippen molar-refractivity contribution < 1.29 is 13.9 Å². The molecule has 3 nitrogen and oxygen atoms in total. The van der Waals surface area contributed by atoms with Gasteiger partial charge < -0.3 is 14.8 Å². The number of nitrogens with one attached hydrogen (secondary N) is 1. The minimum absolute atomic E-state index is 0.199. The second-order valence-electron chi connectivity index (χ2n) is 2.59. The molecule has 0 rings (SSSR count). The SMILES string of the molecule is CCOC(CNCCCF)OCC. The van der Waals surface area contributed by atoms with Gasteiger partial charge in [0, 0.05) is 19.8 Å². The van der Waals surface area contributed by atoms with Crippen molar-refractivity contribution in [3.63, 3.8) is 0 Å². The summed E-state index contributed by atoms with van der Waals surface area (Å²) in [5.41, 5.74) is 0. The lowest BCUT2D eigenvalue weighted by molar-refractivity contribution is -0.132. The van der Waals surface area contributed by atoms with E-state index < -0.39 is 0 Å². The van der Waals surface area contributed by atoms with Crippen molar-refractivity contribution in [2.45, 2.75) is 26.6 Å². The van der Waals surface area contributed by atoms with Crippen LogP contribution in [0.25, 0.3) is 0 Å². The number of hydrogen-bond acceptors (Lipinski definition) is 3. The summed E-state index contributed by atoms with van der Waals surface area (Å²) in [5, 5.41) is 3.07. The minimum Gasteiger partial charge on any atom is -0.352 e. The Morgan fingerprint density at radius 1 is 1.23 bits per heavy atom. The zero-order chi connectivity index (χ0) is 9.94. The molecule has 1 N–H and O–H groups in total. The Labute approximate surface area is 79.6 Å². The summed E-state index contributed by atoms with van der Waals surface area (Å²) in [6.45, 7) is 6.14. The molecule has 0 atom stereocenters. The molecule has 0 aliphatic carbocycles. The van der Waals surface area contributed by atoms with Crippen molar-refractivity contribution in [1.29, 1.82) is 0 Å². The van der Waals surface area contributed by atoms with E-state index in [4.69, 9.17) is 9.47 Å². The van der Waals surface area contributed by atoms with Gasteiger partial charge in [0.25, 0.3) is 0 Å². The highest BCUT2D eigenvalue weighted by atomic mass is 19.1.